The number of nitrogens with zero attached hydrogens (tertiary/aromatic N) is 6. The van der Waals surface area contributed by atoms with Crippen LogP contribution in [0.1, 0.15) is 20.9 Å². The van der Waals surface area contributed by atoms with E-state index in [2.05, 4.69) is 25.4 Å². The lowest BCUT2D eigenvalue weighted by atomic mass is 10.1. The predicted molar refractivity (Wildman–Crippen MR) is 109 cm³/mol. The zero-order chi connectivity index (χ0) is 23.6. The van der Waals surface area contributed by atoms with Crippen LogP contribution in [0.2, 0.25) is 0 Å². The van der Waals surface area contributed by atoms with Gasteiger partial charge in [0.1, 0.15) is 12.8 Å². The molecule has 0 fully saturated rings. The summed E-state index contributed by atoms with van der Waals surface area (Å²) in [5, 5.41) is 18.2. The number of rotatable bonds is 5. The lowest BCUT2D eigenvalue weighted by Crippen LogP contribution is -2.33. The van der Waals surface area contributed by atoms with Gasteiger partial charge in [-0.2, -0.15) is 13.2 Å². The number of nitrogens with one attached hydrogen (secondary N) is 1. The van der Waals surface area contributed by atoms with Crippen LogP contribution in [-0.2, 0) is 19.3 Å². The monoisotopic (exact) mass is 483 g/mol. The molecule has 0 aliphatic carbocycles. The number of alkyl halides is 3. The van der Waals surface area contributed by atoms with Crippen molar-refractivity contribution in [3.63, 3.8) is 0 Å². The fourth-order valence-electron chi connectivity index (χ4n) is 3.11. The van der Waals surface area contributed by atoms with Crippen LogP contribution in [0.15, 0.2) is 30.5 Å². The number of ether oxygens (including phenoxy) is 1. The minimum Gasteiger partial charge on any atom is -0.444 e. The summed E-state index contributed by atoms with van der Waals surface area (Å²) < 4.78 is 44.9. The van der Waals surface area contributed by atoms with E-state index in [0.29, 0.717) is 32.8 Å². The normalized spacial score (nSPS) is 14.6. The third-order valence-corrected chi connectivity index (χ3v) is 5.60. The molecule has 0 unspecified atom stereocenters. The van der Waals surface area contributed by atoms with E-state index in [1.807, 2.05) is 0 Å². The van der Waals surface area contributed by atoms with Gasteiger partial charge in [0.05, 0.1) is 0 Å². The van der Waals surface area contributed by atoms with E-state index in [0.717, 1.165) is 5.56 Å². The molecule has 0 bridgehead atoms. The summed E-state index contributed by atoms with van der Waals surface area (Å²) in [6, 6.07) is 6.82. The largest absolute Gasteiger partial charge is 0.445 e. The van der Waals surface area contributed by atoms with Crippen LogP contribution >= 0.6 is 11.3 Å². The molecule has 33 heavy (non-hydrogen) atoms. The molecule has 0 saturated carbocycles. The number of benzene rings is 1. The minimum atomic E-state index is -4.62. The number of aromatic nitrogens is 4. The minimum absolute atomic E-state index is 0.217. The van der Waals surface area contributed by atoms with Crippen LogP contribution in [0.4, 0.5) is 24.1 Å². The first kappa shape index (κ1) is 22.6. The Bertz CT molecular complexity index is 1160. The second kappa shape index (κ2) is 9.11. The molecule has 0 saturated heterocycles. The van der Waals surface area contributed by atoms with E-state index in [9.17, 15) is 28.1 Å². The van der Waals surface area contributed by atoms with Gasteiger partial charge in [0, 0.05) is 36.7 Å². The van der Waals surface area contributed by atoms with E-state index in [1.165, 1.54) is 6.20 Å². The SMILES string of the molecule is O=C(Nc1nnc(C(F)(F)F)s1)c1ccc(CN2CCOc3nc([N+](=O)[O-])cn3CC2)cc1. The van der Waals surface area contributed by atoms with E-state index in [4.69, 9.17) is 4.74 Å². The third kappa shape index (κ3) is 5.43. The maximum absolute atomic E-state index is 12.6. The van der Waals surface area contributed by atoms with Crippen molar-refractivity contribution in [3.8, 4) is 6.01 Å². The summed E-state index contributed by atoms with van der Waals surface area (Å²) in [5.41, 5.74) is 1.16. The Morgan fingerprint density at radius 2 is 1.97 bits per heavy atom. The fourth-order valence-corrected chi connectivity index (χ4v) is 3.72. The van der Waals surface area contributed by atoms with Gasteiger partial charge in [-0.25, -0.2) is 0 Å². The van der Waals surface area contributed by atoms with Gasteiger partial charge in [-0.1, -0.05) is 23.5 Å². The van der Waals surface area contributed by atoms with Crippen molar-refractivity contribution in [1.82, 2.24) is 24.6 Å². The summed E-state index contributed by atoms with van der Waals surface area (Å²) >= 11 is 0.250. The molecule has 11 nitrogen and oxygen atoms in total. The van der Waals surface area contributed by atoms with E-state index >= 15 is 0 Å². The Labute approximate surface area is 188 Å². The van der Waals surface area contributed by atoms with Crippen LogP contribution < -0.4 is 10.1 Å². The molecule has 0 spiro atoms. The predicted octanol–water partition coefficient (Wildman–Crippen LogP) is 2.81. The zero-order valence-electron chi connectivity index (χ0n) is 16.8. The first-order valence-corrected chi connectivity index (χ1v) is 10.4. The summed E-state index contributed by atoms with van der Waals surface area (Å²) in [7, 11) is 0. The highest BCUT2D eigenvalue weighted by molar-refractivity contribution is 7.15. The molecule has 0 radical (unpaired) electrons. The van der Waals surface area contributed by atoms with Crippen LogP contribution in [0.3, 0.4) is 0 Å². The highest BCUT2D eigenvalue weighted by Gasteiger charge is 2.35. The highest BCUT2D eigenvalue weighted by Crippen LogP contribution is 2.33. The van der Waals surface area contributed by atoms with Crippen molar-refractivity contribution in [2.24, 2.45) is 0 Å². The lowest BCUT2D eigenvalue weighted by Gasteiger charge is -2.24. The van der Waals surface area contributed by atoms with Gasteiger partial charge in [-0.3, -0.25) is 19.6 Å². The van der Waals surface area contributed by atoms with Crippen LogP contribution in [0.25, 0.3) is 0 Å². The second-order valence-electron chi connectivity index (χ2n) is 7.02. The van der Waals surface area contributed by atoms with Gasteiger partial charge in [0.2, 0.25) is 10.1 Å². The van der Waals surface area contributed by atoms with Crippen molar-refractivity contribution >= 4 is 28.2 Å². The molecule has 1 amide bonds. The number of hydrogen-bond donors (Lipinski definition) is 1. The van der Waals surface area contributed by atoms with Crippen molar-refractivity contribution in [2.45, 2.75) is 19.3 Å². The Morgan fingerprint density at radius 1 is 1.21 bits per heavy atom. The van der Waals surface area contributed by atoms with Crippen molar-refractivity contribution in [2.75, 3.05) is 25.0 Å². The molecule has 4 rings (SSSR count). The van der Waals surface area contributed by atoms with Gasteiger partial charge in [0.15, 0.2) is 0 Å². The molecule has 2 aromatic heterocycles. The average Bonchev–Trinajstić information content (AvgIpc) is 3.37. The summed E-state index contributed by atoms with van der Waals surface area (Å²) in [6.45, 7) is 2.48. The summed E-state index contributed by atoms with van der Waals surface area (Å²) in [4.78, 5) is 28.6. The number of halogens is 3. The Kier molecular flexibility index (Phi) is 6.24. The van der Waals surface area contributed by atoms with Crippen molar-refractivity contribution in [1.29, 1.82) is 0 Å². The molecule has 15 heteroatoms. The standard InChI is InChI=1S/C18H16F3N7O4S/c19-18(20,21)15-24-25-16(33-15)23-14(29)12-3-1-11(2-4-12)9-26-5-6-27-10-13(28(30)31)22-17(27)32-8-7-26/h1-4,10H,5-9H2,(H,23,25,29). The third-order valence-electron chi connectivity index (χ3n) is 4.72. The molecule has 1 aromatic carbocycles. The molecule has 1 N–H and O–H groups in total. The summed E-state index contributed by atoms with van der Waals surface area (Å²) in [6.07, 6.45) is -3.28. The molecule has 174 valence electrons. The fraction of sp³-hybridized carbons (Fsp3) is 0.333. The number of anilines is 1. The van der Waals surface area contributed by atoms with Gasteiger partial charge in [0.25, 0.3) is 5.91 Å². The molecule has 0 atom stereocenters. The first-order chi connectivity index (χ1) is 15.7. The number of hydrogen-bond acceptors (Lipinski definition) is 9. The number of carbonyl (C=O) groups excluding carboxylic acids is 1. The quantitative estimate of drug-likeness (QED) is 0.433. The molecular formula is C18H16F3N7O4S. The maximum atomic E-state index is 12.6. The molecule has 3 heterocycles. The number of imidazole rings is 1. The maximum Gasteiger partial charge on any atom is 0.445 e. The number of amides is 1. The van der Waals surface area contributed by atoms with Crippen LogP contribution in [0, 0.1) is 10.1 Å². The van der Waals surface area contributed by atoms with E-state index < -0.39 is 22.0 Å². The number of fused-ring (bicyclic) bond motifs is 1. The average molecular weight is 483 g/mol. The second-order valence-corrected chi connectivity index (χ2v) is 8.00. The molecule has 1 aliphatic rings. The lowest BCUT2D eigenvalue weighted by molar-refractivity contribution is -0.389. The Balaban J connectivity index is 1.34. The van der Waals surface area contributed by atoms with E-state index in [1.54, 1.807) is 28.8 Å². The van der Waals surface area contributed by atoms with Crippen molar-refractivity contribution in [3.05, 3.63) is 56.7 Å². The first-order valence-electron chi connectivity index (χ1n) is 9.57. The zero-order valence-corrected chi connectivity index (χ0v) is 17.6. The van der Waals surface area contributed by atoms with Crippen LogP contribution in [-0.4, -0.2) is 55.2 Å². The summed E-state index contributed by atoms with van der Waals surface area (Å²) in [5.74, 6) is -0.865. The van der Waals surface area contributed by atoms with Crippen LogP contribution in [0.5, 0.6) is 6.01 Å². The van der Waals surface area contributed by atoms with Gasteiger partial charge in [-0.05, 0) is 22.6 Å². The highest BCUT2D eigenvalue weighted by atomic mass is 32.1. The van der Waals surface area contributed by atoms with Gasteiger partial charge >= 0.3 is 18.0 Å². The number of nitro groups is 1. The van der Waals surface area contributed by atoms with Crippen molar-refractivity contribution < 1.29 is 27.6 Å². The topological polar surface area (TPSA) is 128 Å². The number of carbonyl (C=O) groups is 1. The smallest absolute Gasteiger partial charge is 0.444 e. The van der Waals surface area contributed by atoms with Gasteiger partial charge < -0.3 is 14.9 Å². The van der Waals surface area contributed by atoms with Gasteiger partial charge in [-0.15, -0.1) is 10.2 Å². The Morgan fingerprint density at radius 3 is 2.64 bits per heavy atom. The van der Waals surface area contributed by atoms with E-state index in [-0.39, 0.29) is 33.9 Å². The molecule has 1 aliphatic heterocycles. The molecule has 3 aromatic rings. The Hall–Kier alpha value is -3.59. The molecular weight excluding hydrogens is 467 g/mol.